The van der Waals surface area contributed by atoms with Crippen LogP contribution in [0.25, 0.3) is 10.4 Å². The fourth-order valence-electron chi connectivity index (χ4n) is 1.10. The summed E-state index contributed by atoms with van der Waals surface area (Å²) in [5.41, 5.74) is 0.159. The lowest BCUT2D eigenvalue weighted by Gasteiger charge is -1.84. The van der Waals surface area contributed by atoms with E-state index < -0.39 is 0 Å². The third-order valence-corrected chi connectivity index (χ3v) is 2.50. The Morgan fingerprint density at radius 2 is 2.23 bits per heavy atom. The van der Waals surface area contributed by atoms with Crippen LogP contribution in [0.3, 0.4) is 0 Å². The van der Waals surface area contributed by atoms with E-state index in [9.17, 15) is 9.59 Å². The number of rotatable bonds is 1. The van der Waals surface area contributed by atoms with Gasteiger partial charge in [-0.1, -0.05) is 11.5 Å². The molecule has 0 aliphatic carbocycles. The minimum atomic E-state index is -0.183. The van der Waals surface area contributed by atoms with E-state index >= 15 is 0 Å². The van der Waals surface area contributed by atoms with Crippen LogP contribution >= 0.6 is 11.5 Å². The second kappa shape index (κ2) is 2.74. The molecule has 6 heteroatoms. The van der Waals surface area contributed by atoms with Crippen molar-refractivity contribution in [1.82, 2.24) is 14.2 Å². The summed E-state index contributed by atoms with van der Waals surface area (Å²) in [6, 6.07) is 1.41. The van der Waals surface area contributed by atoms with Crippen LogP contribution in [-0.4, -0.2) is 14.2 Å². The quantitative estimate of drug-likeness (QED) is 0.682. The highest BCUT2D eigenvalue weighted by Gasteiger charge is 2.07. The van der Waals surface area contributed by atoms with E-state index in [-0.39, 0.29) is 11.1 Å². The molecular formula is C7H7N3O2S. The average Bonchev–Trinajstić information content (AvgIpc) is 2.58. The van der Waals surface area contributed by atoms with Gasteiger partial charge in [0.1, 0.15) is 0 Å². The largest absolute Gasteiger partial charge is 0.295 e. The molecule has 0 bridgehead atoms. The molecule has 0 saturated carbocycles. The Morgan fingerprint density at radius 3 is 2.69 bits per heavy atom. The third-order valence-electron chi connectivity index (χ3n) is 1.63. The SMILES string of the molecule is Cn1cc(-c2cc(=O)[nH]s2)c(=O)[nH]1. The fraction of sp³-hybridized carbons (Fsp3) is 0.143. The first-order chi connectivity index (χ1) is 6.16. The van der Waals surface area contributed by atoms with Crippen LogP contribution in [0.15, 0.2) is 21.9 Å². The standard InChI is InChI=1S/C7H7N3O2S/c1-10-3-4(7(12)8-10)5-2-6(11)9-13-5/h2-3H,1H3,(H,8,12)(H,9,11). The summed E-state index contributed by atoms with van der Waals surface area (Å²) in [7, 11) is 1.72. The normalized spacial score (nSPS) is 10.5. The van der Waals surface area contributed by atoms with E-state index in [1.165, 1.54) is 6.07 Å². The smallest absolute Gasteiger partial charge is 0.272 e. The van der Waals surface area contributed by atoms with Crippen molar-refractivity contribution in [2.75, 3.05) is 0 Å². The van der Waals surface area contributed by atoms with E-state index in [1.807, 2.05) is 0 Å². The van der Waals surface area contributed by atoms with Gasteiger partial charge in [0, 0.05) is 19.3 Å². The van der Waals surface area contributed by atoms with E-state index in [0.717, 1.165) is 11.5 Å². The molecule has 0 aliphatic heterocycles. The first-order valence-electron chi connectivity index (χ1n) is 3.61. The van der Waals surface area contributed by atoms with Crippen LogP contribution in [0.2, 0.25) is 0 Å². The summed E-state index contributed by atoms with van der Waals surface area (Å²) in [6.45, 7) is 0. The highest BCUT2D eigenvalue weighted by atomic mass is 32.1. The van der Waals surface area contributed by atoms with Crippen LogP contribution in [0.5, 0.6) is 0 Å². The van der Waals surface area contributed by atoms with E-state index in [0.29, 0.717) is 10.4 Å². The first-order valence-corrected chi connectivity index (χ1v) is 4.43. The fourth-order valence-corrected chi connectivity index (χ4v) is 1.79. The van der Waals surface area contributed by atoms with Crippen molar-refractivity contribution in [3.8, 4) is 10.4 Å². The van der Waals surface area contributed by atoms with Crippen molar-refractivity contribution in [1.29, 1.82) is 0 Å². The van der Waals surface area contributed by atoms with Gasteiger partial charge in [-0.15, -0.1) is 0 Å². The number of aromatic nitrogens is 3. The first kappa shape index (κ1) is 8.06. The molecule has 68 valence electrons. The maximum absolute atomic E-state index is 11.3. The number of H-pyrrole nitrogens is 2. The van der Waals surface area contributed by atoms with Gasteiger partial charge in [-0.3, -0.25) is 23.7 Å². The minimum Gasteiger partial charge on any atom is -0.295 e. The van der Waals surface area contributed by atoms with Gasteiger partial charge in [-0.2, -0.15) is 0 Å². The van der Waals surface area contributed by atoms with Crippen LogP contribution in [0.4, 0.5) is 0 Å². The molecule has 0 radical (unpaired) electrons. The second-order valence-corrected chi connectivity index (χ2v) is 3.52. The lowest BCUT2D eigenvalue weighted by molar-refractivity contribution is 0.756. The summed E-state index contributed by atoms with van der Waals surface area (Å²) in [5.74, 6) is 0. The molecule has 13 heavy (non-hydrogen) atoms. The predicted octanol–water partition coefficient (Wildman–Crippen LogP) is 0.130. The number of aryl methyl sites for hydroxylation is 1. The van der Waals surface area contributed by atoms with Gasteiger partial charge in [0.15, 0.2) is 0 Å². The molecule has 2 heterocycles. The number of hydrogen-bond donors (Lipinski definition) is 2. The zero-order chi connectivity index (χ0) is 9.42. The molecule has 0 saturated heterocycles. The van der Waals surface area contributed by atoms with Crippen molar-refractivity contribution in [2.45, 2.75) is 0 Å². The molecule has 2 rings (SSSR count). The summed E-state index contributed by atoms with van der Waals surface area (Å²) in [6.07, 6.45) is 1.65. The Hall–Kier alpha value is -1.56. The van der Waals surface area contributed by atoms with Gasteiger partial charge in [-0.25, -0.2) is 0 Å². The molecule has 2 N–H and O–H groups in total. The highest BCUT2D eigenvalue weighted by molar-refractivity contribution is 7.09. The van der Waals surface area contributed by atoms with Crippen molar-refractivity contribution < 1.29 is 0 Å². The lowest BCUT2D eigenvalue weighted by Crippen LogP contribution is -2.03. The predicted molar refractivity (Wildman–Crippen MR) is 50.0 cm³/mol. The number of nitrogens with zero attached hydrogens (tertiary/aromatic N) is 1. The van der Waals surface area contributed by atoms with Crippen molar-refractivity contribution in [3.63, 3.8) is 0 Å². The van der Waals surface area contributed by atoms with E-state index in [4.69, 9.17) is 0 Å². The molecule has 0 aliphatic rings. The monoisotopic (exact) mass is 197 g/mol. The summed E-state index contributed by atoms with van der Waals surface area (Å²) < 4.78 is 4.09. The van der Waals surface area contributed by atoms with E-state index in [1.54, 1.807) is 17.9 Å². The molecule has 5 nitrogen and oxygen atoms in total. The summed E-state index contributed by atoms with van der Waals surface area (Å²) >= 11 is 1.16. The molecule has 0 fully saturated rings. The molecule has 0 aromatic carbocycles. The van der Waals surface area contributed by atoms with Gasteiger partial charge in [0.2, 0.25) is 0 Å². The Morgan fingerprint density at radius 1 is 1.46 bits per heavy atom. The van der Waals surface area contributed by atoms with Crippen LogP contribution in [-0.2, 0) is 7.05 Å². The second-order valence-electron chi connectivity index (χ2n) is 2.67. The van der Waals surface area contributed by atoms with Gasteiger partial charge >= 0.3 is 0 Å². The van der Waals surface area contributed by atoms with Gasteiger partial charge < -0.3 is 0 Å². The topological polar surface area (TPSA) is 70.7 Å². The average molecular weight is 197 g/mol. The minimum absolute atomic E-state index is 0.178. The van der Waals surface area contributed by atoms with Gasteiger partial charge in [-0.05, 0) is 0 Å². The van der Waals surface area contributed by atoms with Crippen LogP contribution in [0.1, 0.15) is 0 Å². The molecule has 0 spiro atoms. The molecule has 2 aromatic heterocycles. The van der Waals surface area contributed by atoms with E-state index in [2.05, 4.69) is 9.47 Å². The molecule has 0 unspecified atom stereocenters. The third kappa shape index (κ3) is 1.35. The maximum atomic E-state index is 11.3. The highest BCUT2D eigenvalue weighted by Crippen LogP contribution is 2.15. The zero-order valence-corrected chi connectivity index (χ0v) is 7.64. The van der Waals surface area contributed by atoms with Crippen LogP contribution in [0, 0.1) is 0 Å². The Labute approximate surface area is 76.8 Å². The molecular weight excluding hydrogens is 190 g/mol. The van der Waals surface area contributed by atoms with Gasteiger partial charge in [0.25, 0.3) is 11.1 Å². The van der Waals surface area contributed by atoms with Crippen molar-refractivity contribution >= 4 is 11.5 Å². The Bertz CT molecular complexity index is 530. The lowest BCUT2D eigenvalue weighted by atomic mass is 10.3. The van der Waals surface area contributed by atoms with Gasteiger partial charge in [0.05, 0.1) is 10.4 Å². The molecule has 2 aromatic rings. The molecule has 0 amide bonds. The van der Waals surface area contributed by atoms with Crippen LogP contribution < -0.4 is 11.1 Å². The number of nitrogens with one attached hydrogen (secondary N) is 2. The van der Waals surface area contributed by atoms with Crippen molar-refractivity contribution in [3.05, 3.63) is 33.0 Å². The number of aromatic amines is 2. The summed E-state index contributed by atoms with van der Waals surface area (Å²) in [4.78, 5) is 22.7. The van der Waals surface area contributed by atoms with Crippen molar-refractivity contribution in [2.24, 2.45) is 7.05 Å². The Kier molecular flexibility index (Phi) is 1.70. The molecule has 0 atom stereocenters. The zero-order valence-electron chi connectivity index (χ0n) is 6.83. The maximum Gasteiger partial charge on any atom is 0.272 e. The number of hydrogen-bond acceptors (Lipinski definition) is 3. The summed E-state index contributed by atoms with van der Waals surface area (Å²) in [5, 5.41) is 2.57. The Balaban J connectivity index is 2.64.